The molecular formula is C10H13N3S. The number of nitrogens with one attached hydrogen (secondary N) is 1. The number of nitrogens with two attached hydrogens (primary N) is 1. The molecule has 74 valence electrons. The number of nitrogens with zero attached hydrogens (tertiary/aromatic N) is 1. The number of benzene rings is 1. The van der Waals surface area contributed by atoms with Gasteiger partial charge in [-0.25, -0.2) is 4.98 Å². The van der Waals surface area contributed by atoms with Crippen LogP contribution in [-0.2, 0) is 0 Å². The molecule has 3 N–H and O–H groups in total. The minimum atomic E-state index is 0.399. The van der Waals surface area contributed by atoms with Crippen LogP contribution < -0.4 is 5.73 Å². The molecule has 1 heterocycles. The van der Waals surface area contributed by atoms with Gasteiger partial charge in [0.15, 0.2) is 5.16 Å². The number of thioether (sulfide) groups is 1. The topological polar surface area (TPSA) is 54.7 Å². The molecule has 0 aliphatic carbocycles. The van der Waals surface area contributed by atoms with Gasteiger partial charge in [0.2, 0.25) is 0 Å². The van der Waals surface area contributed by atoms with Crippen LogP contribution in [0.3, 0.4) is 0 Å². The zero-order chi connectivity index (χ0) is 9.97. The maximum Gasteiger partial charge on any atom is 0.166 e. The molecule has 4 heteroatoms. The first kappa shape index (κ1) is 9.55. The zero-order valence-corrected chi connectivity index (χ0v) is 8.84. The fourth-order valence-electron chi connectivity index (χ4n) is 1.22. The van der Waals surface area contributed by atoms with Crippen molar-refractivity contribution in [3.63, 3.8) is 0 Å². The molecule has 0 fully saturated rings. The highest BCUT2D eigenvalue weighted by molar-refractivity contribution is 7.99. The van der Waals surface area contributed by atoms with E-state index >= 15 is 0 Å². The summed E-state index contributed by atoms with van der Waals surface area (Å²) in [5.74, 6) is 0. The van der Waals surface area contributed by atoms with Crippen LogP contribution in [0.1, 0.15) is 6.92 Å². The number of aromatic nitrogens is 2. The molecule has 1 aromatic carbocycles. The summed E-state index contributed by atoms with van der Waals surface area (Å²) in [7, 11) is 0. The minimum Gasteiger partial charge on any atom is -0.333 e. The lowest BCUT2D eigenvalue weighted by Gasteiger charge is -2.03. The molecular weight excluding hydrogens is 194 g/mol. The molecule has 0 saturated heterocycles. The summed E-state index contributed by atoms with van der Waals surface area (Å²) in [4.78, 5) is 7.71. The Balaban J connectivity index is 2.27. The van der Waals surface area contributed by atoms with Crippen molar-refractivity contribution in [3.8, 4) is 0 Å². The van der Waals surface area contributed by atoms with Gasteiger partial charge in [0.05, 0.1) is 11.0 Å². The second-order valence-corrected chi connectivity index (χ2v) is 4.65. The second kappa shape index (κ2) is 4.02. The molecule has 0 amide bonds. The van der Waals surface area contributed by atoms with Crippen LogP contribution in [0.25, 0.3) is 11.0 Å². The number of hydrogen-bond donors (Lipinski definition) is 2. The SMILES string of the molecule is CC(CN)Sc1nc2ccccc2[nH]1. The molecule has 0 saturated carbocycles. The van der Waals surface area contributed by atoms with Crippen LogP contribution in [0.4, 0.5) is 0 Å². The van der Waals surface area contributed by atoms with Gasteiger partial charge in [0.1, 0.15) is 0 Å². The highest BCUT2D eigenvalue weighted by atomic mass is 32.2. The molecule has 3 nitrogen and oxygen atoms in total. The Morgan fingerprint density at radius 2 is 2.29 bits per heavy atom. The van der Waals surface area contributed by atoms with E-state index in [1.54, 1.807) is 11.8 Å². The van der Waals surface area contributed by atoms with Crippen molar-refractivity contribution in [1.82, 2.24) is 9.97 Å². The molecule has 0 spiro atoms. The van der Waals surface area contributed by atoms with E-state index in [1.165, 1.54) is 0 Å². The lowest BCUT2D eigenvalue weighted by atomic mass is 10.3. The predicted molar refractivity (Wildman–Crippen MR) is 60.5 cm³/mol. The number of rotatable bonds is 3. The zero-order valence-electron chi connectivity index (χ0n) is 8.03. The van der Waals surface area contributed by atoms with Crippen molar-refractivity contribution in [2.24, 2.45) is 5.73 Å². The van der Waals surface area contributed by atoms with E-state index in [0.29, 0.717) is 11.8 Å². The Morgan fingerprint density at radius 1 is 1.50 bits per heavy atom. The Hall–Kier alpha value is -1.00. The van der Waals surface area contributed by atoms with Gasteiger partial charge >= 0.3 is 0 Å². The molecule has 0 bridgehead atoms. The van der Waals surface area contributed by atoms with Crippen LogP contribution in [0.15, 0.2) is 29.4 Å². The number of para-hydroxylation sites is 2. The number of hydrogen-bond acceptors (Lipinski definition) is 3. The largest absolute Gasteiger partial charge is 0.333 e. The predicted octanol–water partition coefficient (Wildman–Crippen LogP) is 2.00. The Morgan fingerprint density at radius 3 is 3.00 bits per heavy atom. The summed E-state index contributed by atoms with van der Waals surface area (Å²) in [6, 6.07) is 8.02. The maximum absolute atomic E-state index is 5.55. The third-order valence-electron chi connectivity index (χ3n) is 2.01. The third-order valence-corrected chi connectivity index (χ3v) is 3.02. The molecule has 1 atom stereocenters. The molecule has 0 aliphatic heterocycles. The minimum absolute atomic E-state index is 0.399. The van der Waals surface area contributed by atoms with Gasteiger partial charge in [-0.3, -0.25) is 0 Å². The van der Waals surface area contributed by atoms with Crippen LogP contribution >= 0.6 is 11.8 Å². The summed E-state index contributed by atoms with van der Waals surface area (Å²) >= 11 is 1.68. The highest BCUT2D eigenvalue weighted by Gasteiger charge is 2.06. The Bertz CT molecular complexity index is 391. The fraction of sp³-hybridized carbons (Fsp3) is 0.300. The first-order chi connectivity index (χ1) is 6.79. The Kier molecular flexibility index (Phi) is 2.74. The molecule has 2 rings (SSSR count). The lowest BCUT2D eigenvalue weighted by Crippen LogP contribution is -2.12. The molecule has 14 heavy (non-hydrogen) atoms. The van der Waals surface area contributed by atoms with Crippen molar-refractivity contribution in [2.75, 3.05) is 6.54 Å². The number of fused-ring (bicyclic) bond motifs is 1. The van der Waals surface area contributed by atoms with Crippen molar-refractivity contribution in [1.29, 1.82) is 0 Å². The summed E-state index contributed by atoms with van der Waals surface area (Å²) in [5, 5.41) is 1.35. The van der Waals surface area contributed by atoms with Crippen molar-refractivity contribution in [2.45, 2.75) is 17.3 Å². The number of H-pyrrole nitrogens is 1. The number of aromatic amines is 1. The van der Waals surface area contributed by atoms with Gasteiger partial charge in [-0.2, -0.15) is 0 Å². The van der Waals surface area contributed by atoms with Gasteiger partial charge in [-0.05, 0) is 12.1 Å². The van der Waals surface area contributed by atoms with Crippen LogP contribution in [-0.4, -0.2) is 21.8 Å². The molecule has 1 aromatic heterocycles. The standard InChI is InChI=1S/C10H13N3S/c1-7(6-11)14-10-12-8-4-2-3-5-9(8)13-10/h2-5,7H,6,11H2,1H3,(H,12,13). The van der Waals surface area contributed by atoms with E-state index in [2.05, 4.69) is 16.9 Å². The van der Waals surface area contributed by atoms with E-state index < -0.39 is 0 Å². The number of imidazole rings is 1. The summed E-state index contributed by atoms with van der Waals surface area (Å²) in [6.07, 6.45) is 0. The van der Waals surface area contributed by atoms with Gasteiger partial charge in [0, 0.05) is 11.8 Å². The normalized spacial score (nSPS) is 13.3. The molecule has 0 radical (unpaired) electrons. The van der Waals surface area contributed by atoms with Crippen molar-refractivity contribution in [3.05, 3.63) is 24.3 Å². The van der Waals surface area contributed by atoms with Crippen molar-refractivity contribution < 1.29 is 0 Å². The highest BCUT2D eigenvalue weighted by Crippen LogP contribution is 2.22. The van der Waals surface area contributed by atoms with Crippen LogP contribution in [0.5, 0.6) is 0 Å². The van der Waals surface area contributed by atoms with Gasteiger partial charge in [-0.1, -0.05) is 30.8 Å². The molecule has 1 unspecified atom stereocenters. The van der Waals surface area contributed by atoms with E-state index in [1.807, 2.05) is 24.3 Å². The monoisotopic (exact) mass is 207 g/mol. The fourth-order valence-corrected chi connectivity index (χ4v) is 2.02. The summed E-state index contributed by atoms with van der Waals surface area (Å²) in [5.41, 5.74) is 7.65. The first-order valence-electron chi connectivity index (χ1n) is 4.61. The van der Waals surface area contributed by atoms with Gasteiger partial charge < -0.3 is 10.7 Å². The summed E-state index contributed by atoms with van der Waals surface area (Å²) in [6.45, 7) is 2.76. The smallest absolute Gasteiger partial charge is 0.166 e. The first-order valence-corrected chi connectivity index (χ1v) is 5.49. The van der Waals surface area contributed by atoms with Crippen molar-refractivity contribution >= 4 is 22.8 Å². The maximum atomic E-state index is 5.55. The third kappa shape index (κ3) is 1.91. The quantitative estimate of drug-likeness (QED) is 0.757. The average molecular weight is 207 g/mol. The van der Waals surface area contributed by atoms with Gasteiger partial charge in [-0.15, -0.1) is 0 Å². The van der Waals surface area contributed by atoms with E-state index in [0.717, 1.165) is 16.2 Å². The molecule has 0 aliphatic rings. The lowest BCUT2D eigenvalue weighted by molar-refractivity contribution is 0.938. The second-order valence-electron chi connectivity index (χ2n) is 3.22. The van der Waals surface area contributed by atoms with E-state index in [9.17, 15) is 0 Å². The summed E-state index contributed by atoms with van der Waals surface area (Å²) < 4.78 is 0. The Labute approximate surface area is 87.1 Å². The van der Waals surface area contributed by atoms with E-state index in [-0.39, 0.29) is 0 Å². The van der Waals surface area contributed by atoms with Crippen LogP contribution in [0.2, 0.25) is 0 Å². The van der Waals surface area contributed by atoms with Crippen LogP contribution in [0, 0.1) is 0 Å². The van der Waals surface area contributed by atoms with Gasteiger partial charge in [0.25, 0.3) is 0 Å². The average Bonchev–Trinajstić information content (AvgIpc) is 2.59. The molecule has 2 aromatic rings. The van der Waals surface area contributed by atoms with E-state index in [4.69, 9.17) is 5.73 Å².